The van der Waals surface area contributed by atoms with Gasteiger partial charge < -0.3 is 19.4 Å². The number of nitrogens with zero attached hydrogens (tertiary/aromatic N) is 3. The second kappa shape index (κ2) is 9.50. The van der Waals surface area contributed by atoms with E-state index in [9.17, 15) is 13.2 Å². The van der Waals surface area contributed by atoms with Crippen LogP contribution in [0.1, 0.15) is 36.1 Å². The molecule has 0 radical (unpaired) electrons. The molecule has 0 bridgehead atoms. The maximum absolute atomic E-state index is 13.2. The average molecular weight is 473 g/mol. The van der Waals surface area contributed by atoms with Gasteiger partial charge in [0.25, 0.3) is 5.91 Å². The van der Waals surface area contributed by atoms with Crippen molar-refractivity contribution in [2.75, 3.05) is 33.4 Å². The highest BCUT2D eigenvalue weighted by molar-refractivity contribution is 7.89. The third-order valence-electron chi connectivity index (χ3n) is 5.75. The first-order chi connectivity index (χ1) is 15.9. The molecule has 176 valence electrons. The van der Waals surface area contributed by atoms with Gasteiger partial charge >= 0.3 is 0 Å². The van der Waals surface area contributed by atoms with Gasteiger partial charge in [0.2, 0.25) is 10.0 Å². The Kier molecular flexibility index (Phi) is 6.68. The van der Waals surface area contributed by atoms with Crippen molar-refractivity contribution < 1.29 is 22.7 Å². The van der Waals surface area contributed by atoms with Gasteiger partial charge in [-0.3, -0.25) is 4.79 Å². The lowest BCUT2D eigenvalue weighted by molar-refractivity contribution is 0.0729. The van der Waals surface area contributed by atoms with Gasteiger partial charge in [-0.25, -0.2) is 13.4 Å². The zero-order valence-corrected chi connectivity index (χ0v) is 19.8. The van der Waals surface area contributed by atoms with E-state index in [0.29, 0.717) is 19.8 Å². The van der Waals surface area contributed by atoms with E-state index in [0.717, 1.165) is 16.9 Å². The van der Waals surface area contributed by atoms with Crippen LogP contribution in [0.5, 0.6) is 5.75 Å². The molecule has 1 amide bonds. The van der Waals surface area contributed by atoms with Crippen LogP contribution >= 0.6 is 0 Å². The number of imidazole rings is 1. The first kappa shape index (κ1) is 23.2. The van der Waals surface area contributed by atoms with Gasteiger partial charge in [0.05, 0.1) is 37.4 Å². The maximum Gasteiger partial charge on any atom is 0.251 e. The fraction of sp³-hybridized carbons (Fsp3) is 0.391. The molecule has 1 atom stereocenters. The number of rotatable bonds is 7. The van der Waals surface area contributed by atoms with Crippen molar-refractivity contribution in [3.63, 3.8) is 0 Å². The number of morpholine rings is 1. The minimum atomic E-state index is -3.84. The lowest BCUT2D eigenvalue weighted by atomic mass is 10.2. The largest absolute Gasteiger partial charge is 0.495 e. The molecule has 1 aliphatic heterocycles. The topological polar surface area (TPSA) is 103 Å². The van der Waals surface area contributed by atoms with Crippen LogP contribution in [0.3, 0.4) is 0 Å². The van der Waals surface area contributed by atoms with Gasteiger partial charge in [-0.2, -0.15) is 4.31 Å². The fourth-order valence-corrected chi connectivity index (χ4v) is 5.64. The number of amides is 1. The van der Waals surface area contributed by atoms with Crippen molar-refractivity contribution >= 4 is 27.0 Å². The standard InChI is InChI=1S/C23H28N4O5S/c1-4-27-19-8-6-5-7-18(19)25-22(27)16(2)24-23(28)17-9-10-20(31-3)21(15-17)33(29,30)26-11-13-32-14-12-26/h5-10,15-16H,4,11-14H2,1-3H3,(H,24,28). The summed E-state index contributed by atoms with van der Waals surface area (Å²) in [5, 5.41) is 2.95. The van der Waals surface area contributed by atoms with Gasteiger partial charge in [-0.15, -0.1) is 0 Å². The summed E-state index contributed by atoms with van der Waals surface area (Å²) in [5.74, 6) is 0.541. The first-order valence-electron chi connectivity index (χ1n) is 10.9. The number of hydrogen-bond donors (Lipinski definition) is 1. The number of fused-ring (bicyclic) bond motifs is 1. The third kappa shape index (κ3) is 4.46. The van der Waals surface area contributed by atoms with Crippen molar-refractivity contribution in [1.82, 2.24) is 19.2 Å². The molecule has 1 aromatic heterocycles. The van der Waals surface area contributed by atoms with Crippen LogP contribution < -0.4 is 10.1 Å². The van der Waals surface area contributed by atoms with E-state index in [1.165, 1.54) is 23.5 Å². The van der Waals surface area contributed by atoms with Crippen LogP contribution in [-0.4, -0.2) is 61.6 Å². The molecule has 9 nitrogen and oxygen atoms in total. The Morgan fingerprint density at radius 2 is 1.94 bits per heavy atom. The van der Waals surface area contributed by atoms with E-state index in [2.05, 4.69) is 14.9 Å². The molecule has 2 heterocycles. The number of para-hydroxylation sites is 2. The van der Waals surface area contributed by atoms with Crippen LogP contribution in [0.4, 0.5) is 0 Å². The van der Waals surface area contributed by atoms with Gasteiger partial charge in [0.15, 0.2) is 0 Å². The number of aromatic nitrogens is 2. The van der Waals surface area contributed by atoms with Crippen molar-refractivity contribution in [1.29, 1.82) is 0 Å². The van der Waals surface area contributed by atoms with Crippen molar-refractivity contribution in [2.45, 2.75) is 31.3 Å². The monoisotopic (exact) mass is 472 g/mol. The number of carbonyl (C=O) groups is 1. The molecule has 1 saturated heterocycles. The average Bonchev–Trinajstić information content (AvgIpc) is 3.23. The number of methoxy groups -OCH3 is 1. The van der Waals surface area contributed by atoms with Crippen LogP contribution in [0, 0.1) is 0 Å². The van der Waals surface area contributed by atoms with Crippen molar-refractivity contribution in [3.05, 3.63) is 53.9 Å². The molecule has 1 N–H and O–H groups in total. The van der Waals surface area contributed by atoms with Gasteiger partial charge in [0.1, 0.15) is 16.5 Å². The van der Waals surface area contributed by atoms with E-state index in [1.54, 1.807) is 6.07 Å². The number of sulfonamides is 1. The Labute approximate surface area is 193 Å². The molecule has 10 heteroatoms. The molecular formula is C23H28N4O5S. The number of benzene rings is 2. The molecule has 1 unspecified atom stereocenters. The van der Waals surface area contributed by atoms with E-state index in [4.69, 9.17) is 9.47 Å². The summed E-state index contributed by atoms with van der Waals surface area (Å²) < 4.78 is 40.4. The molecule has 3 aromatic rings. The highest BCUT2D eigenvalue weighted by Gasteiger charge is 2.30. The Hall–Kier alpha value is -2.95. The molecular weight excluding hydrogens is 444 g/mol. The molecule has 0 aliphatic carbocycles. The quantitative estimate of drug-likeness (QED) is 0.567. The highest BCUT2D eigenvalue weighted by atomic mass is 32.2. The van der Waals surface area contributed by atoms with Gasteiger partial charge in [0, 0.05) is 25.2 Å². The number of aryl methyl sites for hydroxylation is 1. The predicted molar refractivity (Wildman–Crippen MR) is 124 cm³/mol. The Morgan fingerprint density at radius 1 is 1.21 bits per heavy atom. The summed E-state index contributed by atoms with van der Waals surface area (Å²) in [6.07, 6.45) is 0. The van der Waals surface area contributed by atoms with E-state index in [1.807, 2.05) is 38.1 Å². The molecule has 1 aliphatic rings. The van der Waals surface area contributed by atoms with Crippen LogP contribution in [0.15, 0.2) is 47.4 Å². The Bertz CT molecular complexity index is 1270. The molecule has 0 saturated carbocycles. The maximum atomic E-state index is 13.2. The zero-order valence-electron chi connectivity index (χ0n) is 18.9. The summed E-state index contributed by atoms with van der Waals surface area (Å²) in [4.78, 5) is 17.7. The lowest BCUT2D eigenvalue weighted by Crippen LogP contribution is -2.40. The normalized spacial score (nSPS) is 16.0. The Morgan fingerprint density at radius 3 is 2.64 bits per heavy atom. The predicted octanol–water partition coefficient (Wildman–Crippen LogP) is 2.58. The zero-order chi connectivity index (χ0) is 23.6. The lowest BCUT2D eigenvalue weighted by Gasteiger charge is -2.26. The van der Waals surface area contributed by atoms with Crippen LogP contribution in [0.2, 0.25) is 0 Å². The molecule has 1 fully saturated rings. The van der Waals surface area contributed by atoms with E-state index in [-0.39, 0.29) is 35.3 Å². The summed E-state index contributed by atoms with van der Waals surface area (Å²) in [6.45, 7) is 5.77. The van der Waals surface area contributed by atoms with Crippen LogP contribution in [-0.2, 0) is 21.3 Å². The minimum absolute atomic E-state index is 0.0343. The fourth-order valence-electron chi connectivity index (χ4n) is 4.05. The molecule has 0 spiro atoms. The summed E-state index contributed by atoms with van der Waals surface area (Å²) in [7, 11) is -2.43. The van der Waals surface area contributed by atoms with Crippen LogP contribution in [0.25, 0.3) is 11.0 Å². The highest BCUT2D eigenvalue weighted by Crippen LogP contribution is 2.29. The summed E-state index contributed by atoms with van der Waals surface area (Å²) >= 11 is 0. The second-order valence-corrected chi connectivity index (χ2v) is 9.69. The third-order valence-corrected chi connectivity index (χ3v) is 7.67. The SMILES string of the molecule is CCn1c(C(C)NC(=O)c2ccc(OC)c(S(=O)(=O)N3CCOCC3)c2)nc2ccccc21. The molecule has 33 heavy (non-hydrogen) atoms. The number of hydrogen-bond acceptors (Lipinski definition) is 6. The smallest absolute Gasteiger partial charge is 0.251 e. The van der Waals surface area contributed by atoms with Gasteiger partial charge in [-0.05, 0) is 44.2 Å². The molecule has 2 aromatic carbocycles. The minimum Gasteiger partial charge on any atom is -0.495 e. The Balaban J connectivity index is 1.62. The molecule has 4 rings (SSSR count). The van der Waals surface area contributed by atoms with Crippen molar-refractivity contribution in [3.8, 4) is 5.75 Å². The summed E-state index contributed by atoms with van der Waals surface area (Å²) in [5.41, 5.74) is 2.09. The number of carbonyl (C=O) groups excluding carboxylic acids is 1. The van der Waals surface area contributed by atoms with E-state index < -0.39 is 15.9 Å². The van der Waals surface area contributed by atoms with E-state index >= 15 is 0 Å². The second-order valence-electron chi connectivity index (χ2n) is 7.78. The van der Waals surface area contributed by atoms with Gasteiger partial charge in [-0.1, -0.05) is 12.1 Å². The number of ether oxygens (including phenoxy) is 2. The van der Waals surface area contributed by atoms with Crippen molar-refractivity contribution in [2.24, 2.45) is 0 Å². The number of nitrogens with one attached hydrogen (secondary N) is 1. The summed E-state index contributed by atoms with van der Waals surface area (Å²) in [6, 6.07) is 11.9. The first-order valence-corrected chi connectivity index (χ1v) is 12.3.